The molecule has 0 aromatic heterocycles. The van der Waals surface area contributed by atoms with Gasteiger partial charge >= 0.3 is 0 Å². The monoisotopic (exact) mass is 350 g/mol. The first kappa shape index (κ1) is 19.1. The highest BCUT2D eigenvalue weighted by Crippen LogP contribution is 2.04. The van der Waals surface area contributed by atoms with Gasteiger partial charge in [0.15, 0.2) is 0 Å². The van der Waals surface area contributed by atoms with E-state index in [4.69, 9.17) is 0 Å². The van der Waals surface area contributed by atoms with Crippen LogP contribution in [0, 0.1) is 13.8 Å². The Morgan fingerprint density at radius 2 is 1.15 bits per heavy atom. The number of nitrogens with one attached hydrogen (secondary N) is 2. The Labute approximate surface area is 153 Å². The molecule has 0 unspecified atom stereocenters. The normalized spacial score (nSPS) is 11.0. The fourth-order valence-electron chi connectivity index (χ4n) is 2.15. The van der Waals surface area contributed by atoms with Crippen LogP contribution >= 0.6 is 0 Å². The third-order valence-corrected chi connectivity index (χ3v) is 3.74. The molecule has 0 saturated heterocycles. The van der Waals surface area contributed by atoms with Crippen LogP contribution < -0.4 is 10.9 Å². The van der Waals surface area contributed by atoms with Gasteiger partial charge in [-0.2, -0.15) is 10.2 Å². The second-order valence-electron chi connectivity index (χ2n) is 5.80. The molecular weight excluding hydrogens is 328 g/mol. The third-order valence-electron chi connectivity index (χ3n) is 3.74. The minimum Gasteiger partial charge on any atom is -0.273 e. The molecule has 2 N–H and O–H groups in total. The molecule has 2 aromatic carbocycles. The molecule has 0 aliphatic heterocycles. The van der Waals surface area contributed by atoms with Gasteiger partial charge in [0.25, 0.3) is 0 Å². The molecule has 2 amide bonds. The molecule has 0 radical (unpaired) electrons. The lowest BCUT2D eigenvalue weighted by Crippen LogP contribution is -2.22. The maximum atomic E-state index is 11.7. The number of amides is 2. The topological polar surface area (TPSA) is 82.9 Å². The van der Waals surface area contributed by atoms with Gasteiger partial charge in [-0.25, -0.2) is 10.9 Å². The quantitative estimate of drug-likeness (QED) is 0.594. The second kappa shape index (κ2) is 9.88. The zero-order chi connectivity index (χ0) is 18.8. The van der Waals surface area contributed by atoms with Gasteiger partial charge in [0.05, 0.1) is 12.4 Å². The standard InChI is InChI=1S/C20H22N4O2/c1-15-7-3-5-9-17(15)13-21-23-19(25)11-12-20(26)24-22-14-18-10-6-4-8-16(18)2/h3-10,13-14H,11-12H2,1-2H3,(H,23,25)(H,24,26)/b21-13+,22-14+. The second-order valence-corrected chi connectivity index (χ2v) is 5.80. The van der Waals surface area contributed by atoms with Crippen molar-refractivity contribution in [3.05, 3.63) is 70.8 Å². The summed E-state index contributed by atoms with van der Waals surface area (Å²) in [4.78, 5) is 23.4. The predicted octanol–water partition coefficient (Wildman–Crippen LogP) is 2.68. The Bertz CT molecular complexity index is 759. The summed E-state index contributed by atoms with van der Waals surface area (Å²) in [7, 11) is 0. The van der Waals surface area contributed by atoms with Crippen LogP contribution in [-0.2, 0) is 9.59 Å². The van der Waals surface area contributed by atoms with Gasteiger partial charge in [0.2, 0.25) is 11.8 Å². The van der Waals surface area contributed by atoms with Crippen LogP contribution in [0.2, 0.25) is 0 Å². The van der Waals surface area contributed by atoms with Crippen molar-refractivity contribution in [2.45, 2.75) is 26.7 Å². The molecule has 0 aliphatic carbocycles. The summed E-state index contributed by atoms with van der Waals surface area (Å²) in [6.07, 6.45) is 3.24. The van der Waals surface area contributed by atoms with Crippen LogP contribution in [0.25, 0.3) is 0 Å². The molecule has 2 aromatic rings. The Hall–Kier alpha value is -3.28. The van der Waals surface area contributed by atoms with Crippen LogP contribution in [0.15, 0.2) is 58.7 Å². The summed E-state index contributed by atoms with van der Waals surface area (Å²) in [6.45, 7) is 3.93. The first-order valence-electron chi connectivity index (χ1n) is 8.31. The number of nitrogens with zero attached hydrogens (tertiary/aromatic N) is 2. The summed E-state index contributed by atoms with van der Waals surface area (Å²) in [5.41, 5.74) is 8.82. The minimum absolute atomic E-state index is 0.0385. The van der Waals surface area contributed by atoms with E-state index in [-0.39, 0.29) is 24.7 Å². The number of aryl methyl sites for hydroxylation is 2. The van der Waals surface area contributed by atoms with Crippen LogP contribution in [0.4, 0.5) is 0 Å². The Morgan fingerprint density at radius 3 is 1.54 bits per heavy atom. The van der Waals surface area contributed by atoms with Crippen molar-refractivity contribution in [2.75, 3.05) is 0 Å². The van der Waals surface area contributed by atoms with E-state index >= 15 is 0 Å². The fourth-order valence-corrected chi connectivity index (χ4v) is 2.15. The Balaban J connectivity index is 1.71. The molecule has 0 saturated carbocycles. The summed E-state index contributed by atoms with van der Waals surface area (Å²) in [5.74, 6) is -0.652. The maximum Gasteiger partial charge on any atom is 0.240 e. The number of hydrogen-bond donors (Lipinski definition) is 2. The van der Waals surface area contributed by atoms with E-state index in [1.165, 1.54) is 0 Å². The van der Waals surface area contributed by atoms with Crippen molar-refractivity contribution in [2.24, 2.45) is 10.2 Å². The van der Waals surface area contributed by atoms with Crippen molar-refractivity contribution in [1.29, 1.82) is 0 Å². The minimum atomic E-state index is -0.326. The zero-order valence-corrected chi connectivity index (χ0v) is 14.9. The number of hydrazone groups is 2. The van der Waals surface area contributed by atoms with E-state index in [0.717, 1.165) is 22.3 Å². The van der Waals surface area contributed by atoms with E-state index in [2.05, 4.69) is 21.1 Å². The molecule has 6 nitrogen and oxygen atoms in total. The fraction of sp³-hybridized carbons (Fsp3) is 0.200. The molecular formula is C20H22N4O2. The summed E-state index contributed by atoms with van der Waals surface area (Å²) in [6, 6.07) is 15.4. The molecule has 6 heteroatoms. The highest BCUT2D eigenvalue weighted by molar-refractivity contribution is 5.87. The lowest BCUT2D eigenvalue weighted by atomic mass is 10.1. The highest BCUT2D eigenvalue weighted by atomic mass is 16.2. The lowest BCUT2D eigenvalue weighted by molar-refractivity contribution is -0.126. The number of benzene rings is 2. The average molecular weight is 350 g/mol. The van der Waals surface area contributed by atoms with Gasteiger partial charge in [-0.15, -0.1) is 0 Å². The van der Waals surface area contributed by atoms with Crippen molar-refractivity contribution >= 4 is 24.2 Å². The van der Waals surface area contributed by atoms with Gasteiger partial charge in [-0.05, 0) is 36.1 Å². The van der Waals surface area contributed by atoms with Gasteiger partial charge in [-0.3, -0.25) is 9.59 Å². The molecule has 2 rings (SSSR count). The van der Waals surface area contributed by atoms with Crippen LogP contribution in [0.3, 0.4) is 0 Å². The van der Waals surface area contributed by atoms with E-state index in [1.54, 1.807) is 12.4 Å². The van der Waals surface area contributed by atoms with Crippen LogP contribution in [0.1, 0.15) is 35.1 Å². The SMILES string of the molecule is Cc1ccccc1/C=N/NC(=O)CCC(=O)N/N=C/c1ccccc1C. The van der Waals surface area contributed by atoms with Crippen molar-refractivity contribution in [1.82, 2.24) is 10.9 Å². The average Bonchev–Trinajstić information content (AvgIpc) is 2.63. The van der Waals surface area contributed by atoms with E-state index in [9.17, 15) is 9.59 Å². The largest absolute Gasteiger partial charge is 0.273 e. The van der Waals surface area contributed by atoms with Crippen molar-refractivity contribution in [3.63, 3.8) is 0 Å². The first-order valence-corrected chi connectivity index (χ1v) is 8.31. The number of hydrogen-bond acceptors (Lipinski definition) is 4. The smallest absolute Gasteiger partial charge is 0.240 e. The Morgan fingerprint density at radius 1 is 0.769 bits per heavy atom. The zero-order valence-electron chi connectivity index (χ0n) is 14.9. The molecule has 134 valence electrons. The van der Waals surface area contributed by atoms with Gasteiger partial charge in [0.1, 0.15) is 0 Å². The van der Waals surface area contributed by atoms with E-state index in [0.29, 0.717) is 0 Å². The summed E-state index contributed by atoms with van der Waals surface area (Å²) in [5, 5.41) is 7.81. The summed E-state index contributed by atoms with van der Waals surface area (Å²) < 4.78 is 0. The summed E-state index contributed by atoms with van der Waals surface area (Å²) >= 11 is 0. The molecule has 26 heavy (non-hydrogen) atoms. The molecule has 0 heterocycles. The van der Waals surface area contributed by atoms with Crippen molar-refractivity contribution in [3.8, 4) is 0 Å². The number of rotatable bonds is 7. The van der Waals surface area contributed by atoms with Crippen LogP contribution in [-0.4, -0.2) is 24.2 Å². The van der Waals surface area contributed by atoms with Gasteiger partial charge < -0.3 is 0 Å². The molecule has 0 spiro atoms. The van der Waals surface area contributed by atoms with E-state index in [1.807, 2.05) is 62.4 Å². The maximum absolute atomic E-state index is 11.7. The number of carbonyl (C=O) groups is 2. The molecule has 0 aliphatic rings. The molecule has 0 atom stereocenters. The first-order chi connectivity index (χ1) is 12.6. The van der Waals surface area contributed by atoms with Crippen LogP contribution in [0.5, 0.6) is 0 Å². The Kier molecular flexibility index (Phi) is 7.24. The number of carbonyl (C=O) groups excluding carboxylic acids is 2. The molecule has 0 bridgehead atoms. The van der Waals surface area contributed by atoms with Gasteiger partial charge in [0, 0.05) is 12.8 Å². The van der Waals surface area contributed by atoms with Crippen molar-refractivity contribution < 1.29 is 9.59 Å². The molecule has 0 fully saturated rings. The predicted molar refractivity (Wildman–Crippen MR) is 103 cm³/mol. The highest BCUT2D eigenvalue weighted by Gasteiger charge is 2.05. The lowest BCUT2D eigenvalue weighted by Gasteiger charge is -2.01. The van der Waals surface area contributed by atoms with Gasteiger partial charge in [-0.1, -0.05) is 48.5 Å². The third kappa shape index (κ3) is 6.32. The van der Waals surface area contributed by atoms with E-state index < -0.39 is 0 Å².